The molecule has 0 saturated heterocycles. The predicted molar refractivity (Wildman–Crippen MR) is 55.9 cm³/mol. The molecule has 1 atom stereocenters. The van der Waals surface area contributed by atoms with Gasteiger partial charge in [0, 0.05) is 5.56 Å². The quantitative estimate of drug-likeness (QED) is 0.661. The lowest BCUT2D eigenvalue weighted by Crippen LogP contribution is -1.98. The van der Waals surface area contributed by atoms with Crippen LogP contribution in [0.15, 0.2) is 31.0 Å². The molecule has 1 aromatic rings. The van der Waals surface area contributed by atoms with Gasteiger partial charge in [-0.3, -0.25) is 0 Å². The molecule has 0 heterocycles. The van der Waals surface area contributed by atoms with Crippen molar-refractivity contribution in [2.75, 3.05) is 0 Å². The van der Waals surface area contributed by atoms with Crippen LogP contribution in [0.3, 0.4) is 0 Å². The first kappa shape index (κ1) is 10.8. The summed E-state index contributed by atoms with van der Waals surface area (Å²) in [5, 5.41) is 0. The predicted octanol–water partition coefficient (Wildman–Crippen LogP) is 3.86. The molecule has 1 unspecified atom stereocenters. The van der Waals surface area contributed by atoms with Gasteiger partial charge in [0.05, 0.1) is 6.26 Å². The van der Waals surface area contributed by atoms with Crippen LogP contribution in [-0.2, 0) is 0 Å². The number of hydrogen-bond acceptors (Lipinski definition) is 1. The molecule has 0 saturated carbocycles. The Balaban J connectivity index is 3.13. The molecule has 0 aliphatic heterocycles. The molecule has 0 fully saturated rings. The molecule has 0 radical (unpaired) electrons. The number of halogens is 1. The Morgan fingerprint density at radius 1 is 1.57 bits per heavy atom. The molecular weight excluding hydrogens is 179 g/mol. The molecule has 1 aromatic carbocycles. The number of benzene rings is 1. The van der Waals surface area contributed by atoms with Gasteiger partial charge in [0.1, 0.15) is 0 Å². The summed E-state index contributed by atoms with van der Waals surface area (Å²) in [6.45, 7) is 7.54. The highest BCUT2D eigenvalue weighted by Crippen LogP contribution is 2.31. The average molecular weight is 194 g/mol. The van der Waals surface area contributed by atoms with Gasteiger partial charge in [0.2, 0.25) is 0 Å². The number of para-hydroxylation sites is 1. The van der Waals surface area contributed by atoms with Crippen LogP contribution in [0.4, 0.5) is 4.39 Å². The summed E-state index contributed by atoms with van der Waals surface area (Å²) in [5.41, 5.74) is 0.896. The summed E-state index contributed by atoms with van der Waals surface area (Å²) >= 11 is 0. The molecule has 0 bridgehead atoms. The topological polar surface area (TPSA) is 9.23 Å². The van der Waals surface area contributed by atoms with Gasteiger partial charge in [0.25, 0.3) is 0 Å². The van der Waals surface area contributed by atoms with Gasteiger partial charge in [-0.25, -0.2) is 4.39 Å². The van der Waals surface area contributed by atoms with E-state index in [9.17, 15) is 4.39 Å². The van der Waals surface area contributed by atoms with Crippen molar-refractivity contribution in [3.8, 4) is 5.75 Å². The first-order valence-electron chi connectivity index (χ1n) is 4.76. The largest absolute Gasteiger partial charge is 0.462 e. The van der Waals surface area contributed by atoms with Gasteiger partial charge < -0.3 is 4.74 Å². The zero-order valence-corrected chi connectivity index (χ0v) is 8.59. The van der Waals surface area contributed by atoms with E-state index in [0.29, 0.717) is 11.7 Å². The van der Waals surface area contributed by atoms with E-state index in [4.69, 9.17) is 4.74 Å². The normalized spacial score (nSPS) is 12.2. The molecule has 0 amide bonds. The van der Waals surface area contributed by atoms with Gasteiger partial charge in [-0.15, -0.1) is 0 Å². The van der Waals surface area contributed by atoms with Crippen LogP contribution in [0.25, 0.3) is 0 Å². The van der Waals surface area contributed by atoms with Crippen LogP contribution in [-0.4, -0.2) is 0 Å². The number of rotatable bonds is 4. The van der Waals surface area contributed by atoms with E-state index in [1.165, 1.54) is 12.3 Å². The first-order chi connectivity index (χ1) is 6.70. The second-order valence-corrected chi connectivity index (χ2v) is 3.25. The molecule has 1 rings (SSSR count). The highest BCUT2D eigenvalue weighted by molar-refractivity contribution is 5.37. The monoisotopic (exact) mass is 194 g/mol. The van der Waals surface area contributed by atoms with Crippen LogP contribution < -0.4 is 4.74 Å². The fraction of sp³-hybridized carbons (Fsp3) is 0.333. The maximum atomic E-state index is 13.4. The molecule has 0 N–H and O–H groups in total. The third-order valence-electron chi connectivity index (χ3n) is 2.34. The second-order valence-electron chi connectivity index (χ2n) is 3.25. The van der Waals surface area contributed by atoms with Crippen molar-refractivity contribution in [1.82, 2.24) is 0 Å². The van der Waals surface area contributed by atoms with Crippen LogP contribution >= 0.6 is 0 Å². The molecule has 0 aromatic heterocycles. The zero-order chi connectivity index (χ0) is 10.6. The van der Waals surface area contributed by atoms with Crippen LogP contribution in [0.1, 0.15) is 31.7 Å². The molecule has 76 valence electrons. The standard InChI is InChI=1S/C12H15FO/c1-4-9(3)10-7-6-8-11(13)12(10)14-5-2/h5-9H,2,4H2,1,3H3. The van der Waals surface area contributed by atoms with Gasteiger partial charge in [-0.1, -0.05) is 32.6 Å². The summed E-state index contributed by atoms with van der Waals surface area (Å²) < 4.78 is 18.4. The van der Waals surface area contributed by atoms with E-state index >= 15 is 0 Å². The van der Waals surface area contributed by atoms with Crippen LogP contribution in [0.5, 0.6) is 5.75 Å². The Kier molecular flexibility index (Phi) is 3.69. The molecule has 0 aliphatic carbocycles. The number of ether oxygens (including phenoxy) is 1. The van der Waals surface area contributed by atoms with E-state index in [0.717, 1.165) is 12.0 Å². The Morgan fingerprint density at radius 2 is 2.29 bits per heavy atom. The highest BCUT2D eigenvalue weighted by Gasteiger charge is 2.13. The lowest BCUT2D eigenvalue weighted by molar-refractivity contribution is 0.431. The maximum Gasteiger partial charge on any atom is 0.165 e. The summed E-state index contributed by atoms with van der Waals surface area (Å²) in [6, 6.07) is 4.98. The minimum Gasteiger partial charge on any atom is -0.462 e. The Labute approximate surface area is 84.2 Å². The van der Waals surface area contributed by atoms with Crippen LogP contribution in [0.2, 0.25) is 0 Å². The summed E-state index contributed by atoms with van der Waals surface area (Å²) in [7, 11) is 0. The molecule has 2 heteroatoms. The summed E-state index contributed by atoms with van der Waals surface area (Å²) in [5.74, 6) is 0.264. The smallest absolute Gasteiger partial charge is 0.165 e. The Morgan fingerprint density at radius 3 is 2.86 bits per heavy atom. The fourth-order valence-electron chi connectivity index (χ4n) is 1.34. The molecule has 0 aliphatic rings. The minimum atomic E-state index is -0.331. The fourth-order valence-corrected chi connectivity index (χ4v) is 1.34. The molecule has 0 spiro atoms. The maximum absolute atomic E-state index is 13.4. The minimum absolute atomic E-state index is 0.292. The lowest BCUT2D eigenvalue weighted by Gasteiger charge is -2.14. The SMILES string of the molecule is C=COc1c(F)cccc1C(C)CC. The number of hydrogen-bond donors (Lipinski definition) is 0. The van der Waals surface area contributed by atoms with Crippen molar-refractivity contribution < 1.29 is 9.13 Å². The third kappa shape index (κ3) is 2.13. The van der Waals surface area contributed by atoms with E-state index in [1.807, 2.05) is 13.0 Å². The lowest BCUT2D eigenvalue weighted by atomic mass is 9.97. The third-order valence-corrected chi connectivity index (χ3v) is 2.34. The summed E-state index contributed by atoms with van der Waals surface area (Å²) in [4.78, 5) is 0. The Hall–Kier alpha value is -1.31. The van der Waals surface area contributed by atoms with Crippen molar-refractivity contribution in [2.24, 2.45) is 0 Å². The van der Waals surface area contributed by atoms with Crippen molar-refractivity contribution in [2.45, 2.75) is 26.2 Å². The van der Waals surface area contributed by atoms with Crippen molar-refractivity contribution in [1.29, 1.82) is 0 Å². The van der Waals surface area contributed by atoms with Gasteiger partial charge in [-0.2, -0.15) is 0 Å². The summed E-state index contributed by atoms with van der Waals surface area (Å²) in [6.07, 6.45) is 2.21. The van der Waals surface area contributed by atoms with Crippen molar-refractivity contribution in [3.05, 3.63) is 42.4 Å². The molecule has 1 nitrogen and oxygen atoms in total. The molecule has 14 heavy (non-hydrogen) atoms. The molecular formula is C12H15FO. The van der Waals surface area contributed by atoms with Gasteiger partial charge in [0.15, 0.2) is 11.6 Å². The van der Waals surface area contributed by atoms with Gasteiger partial charge in [-0.05, 0) is 18.4 Å². The average Bonchev–Trinajstić information content (AvgIpc) is 2.20. The zero-order valence-electron chi connectivity index (χ0n) is 8.59. The van der Waals surface area contributed by atoms with E-state index < -0.39 is 0 Å². The van der Waals surface area contributed by atoms with E-state index in [-0.39, 0.29) is 5.82 Å². The van der Waals surface area contributed by atoms with E-state index in [2.05, 4.69) is 13.5 Å². The van der Waals surface area contributed by atoms with Crippen molar-refractivity contribution >= 4 is 0 Å². The van der Waals surface area contributed by atoms with Crippen molar-refractivity contribution in [3.63, 3.8) is 0 Å². The second kappa shape index (κ2) is 4.80. The highest BCUT2D eigenvalue weighted by atomic mass is 19.1. The van der Waals surface area contributed by atoms with E-state index in [1.54, 1.807) is 6.07 Å². The Bertz CT molecular complexity index is 320. The first-order valence-corrected chi connectivity index (χ1v) is 4.76. The van der Waals surface area contributed by atoms with Gasteiger partial charge >= 0.3 is 0 Å². The van der Waals surface area contributed by atoms with Crippen LogP contribution in [0, 0.1) is 5.82 Å².